The van der Waals surface area contributed by atoms with Crippen LogP contribution in [0.3, 0.4) is 0 Å². The Kier molecular flexibility index (Phi) is 30.5. The second-order valence-corrected chi connectivity index (χ2v) is 18.4. The number of unbranched alkanes of at least 4 members (excludes halogenated alkanes) is 23. The molecule has 256 valence electrons. The predicted molar refractivity (Wildman–Crippen MR) is 186 cm³/mol. The molecule has 1 atom stereocenters. The van der Waals surface area contributed by atoms with Crippen molar-refractivity contribution in [3.8, 4) is 0 Å². The molecule has 0 saturated carbocycles. The average Bonchev–Trinajstić information content (AvgIpc) is 2.97. The van der Waals surface area contributed by atoms with Gasteiger partial charge in [-0.05, 0) is 32.5 Å². The Morgan fingerprint density at radius 2 is 0.791 bits per heavy atom. The lowest BCUT2D eigenvalue weighted by atomic mass is 10.0. The van der Waals surface area contributed by atoms with Crippen LogP contribution >= 0.6 is 0 Å². The van der Waals surface area contributed by atoms with Crippen molar-refractivity contribution in [2.45, 2.75) is 213 Å². The lowest BCUT2D eigenvalue weighted by Crippen LogP contribution is -2.35. The van der Waals surface area contributed by atoms with Crippen LogP contribution in [0.25, 0.3) is 0 Å². The van der Waals surface area contributed by atoms with Crippen LogP contribution in [0.2, 0.25) is 19.6 Å². The summed E-state index contributed by atoms with van der Waals surface area (Å²) in [5.41, 5.74) is 0. The van der Waals surface area contributed by atoms with Gasteiger partial charge in [0.2, 0.25) is 0 Å². The van der Waals surface area contributed by atoms with Crippen LogP contribution in [0.1, 0.15) is 187 Å². The first kappa shape index (κ1) is 42.1. The van der Waals surface area contributed by atoms with Crippen molar-refractivity contribution in [2.24, 2.45) is 0 Å². The molecule has 1 unspecified atom stereocenters. The smallest absolute Gasteiger partial charge is 0.306 e. The number of carbonyl (C=O) groups is 2. The zero-order chi connectivity index (χ0) is 31.9. The Morgan fingerprint density at radius 1 is 0.465 bits per heavy atom. The highest BCUT2D eigenvalue weighted by atomic mass is 28.4. The van der Waals surface area contributed by atoms with Gasteiger partial charge in [0.15, 0.2) is 14.4 Å². The van der Waals surface area contributed by atoms with Gasteiger partial charge in [0.1, 0.15) is 6.61 Å². The SMILES string of the molecule is CCCCCCCCCCCCCCCC(=O)OCC(CO[Si](C)(C)C)OC(=O)CCCCCCCCCCCCCC. The molecule has 5 nitrogen and oxygen atoms in total. The summed E-state index contributed by atoms with van der Waals surface area (Å²) in [7, 11) is -1.77. The summed E-state index contributed by atoms with van der Waals surface area (Å²) in [5, 5.41) is 0. The number of hydrogen-bond acceptors (Lipinski definition) is 5. The Labute approximate surface area is 269 Å². The van der Waals surface area contributed by atoms with Gasteiger partial charge < -0.3 is 13.9 Å². The molecule has 0 N–H and O–H groups in total. The molecule has 0 aromatic rings. The van der Waals surface area contributed by atoms with Gasteiger partial charge in [-0.2, -0.15) is 0 Å². The predicted octanol–water partition coefficient (Wildman–Crippen LogP) is 11.9. The van der Waals surface area contributed by atoms with Crippen LogP contribution in [-0.4, -0.2) is 39.6 Å². The molecular weight excluding hydrogens is 552 g/mol. The van der Waals surface area contributed by atoms with E-state index in [0.29, 0.717) is 19.4 Å². The van der Waals surface area contributed by atoms with E-state index in [0.717, 1.165) is 25.7 Å². The molecule has 0 aliphatic rings. The molecule has 6 heteroatoms. The molecule has 0 spiro atoms. The molecule has 43 heavy (non-hydrogen) atoms. The minimum Gasteiger partial charge on any atom is -0.462 e. The maximum absolute atomic E-state index is 12.5. The average molecular weight is 627 g/mol. The highest BCUT2D eigenvalue weighted by Crippen LogP contribution is 2.15. The molecule has 0 heterocycles. The van der Waals surface area contributed by atoms with Crippen LogP contribution in [0.4, 0.5) is 0 Å². The van der Waals surface area contributed by atoms with E-state index in [2.05, 4.69) is 33.5 Å². The van der Waals surface area contributed by atoms with E-state index in [-0.39, 0.29) is 18.5 Å². The summed E-state index contributed by atoms with van der Waals surface area (Å²) in [6, 6.07) is 0. The molecule has 0 fully saturated rings. The van der Waals surface area contributed by atoms with Gasteiger partial charge in [-0.1, -0.05) is 162 Å². The van der Waals surface area contributed by atoms with Crippen molar-refractivity contribution in [1.29, 1.82) is 0 Å². The van der Waals surface area contributed by atoms with Crippen LogP contribution < -0.4 is 0 Å². The maximum atomic E-state index is 12.5. The molecule has 0 radical (unpaired) electrons. The quantitative estimate of drug-likeness (QED) is 0.0412. The van der Waals surface area contributed by atoms with Gasteiger partial charge in [-0.15, -0.1) is 0 Å². The maximum Gasteiger partial charge on any atom is 0.306 e. The van der Waals surface area contributed by atoms with Crippen molar-refractivity contribution in [1.82, 2.24) is 0 Å². The van der Waals surface area contributed by atoms with E-state index >= 15 is 0 Å². The lowest BCUT2D eigenvalue weighted by Gasteiger charge is -2.23. The zero-order valence-electron chi connectivity index (χ0n) is 29.6. The number of hydrogen-bond donors (Lipinski definition) is 0. The van der Waals surface area contributed by atoms with E-state index in [1.54, 1.807) is 0 Å². The third kappa shape index (κ3) is 33.8. The summed E-state index contributed by atoms with van der Waals surface area (Å²) in [6.45, 7) is 11.2. The molecule has 0 aromatic heterocycles. The first-order valence-electron chi connectivity index (χ1n) is 18.8. The van der Waals surface area contributed by atoms with Crippen molar-refractivity contribution in [3.63, 3.8) is 0 Å². The molecular formula is C37H74O5Si. The van der Waals surface area contributed by atoms with Gasteiger partial charge in [0.05, 0.1) is 6.61 Å². The van der Waals surface area contributed by atoms with Gasteiger partial charge in [0, 0.05) is 12.8 Å². The zero-order valence-corrected chi connectivity index (χ0v) is 30.6. The van der Waals surface area contributed by atoms with E-state index < -0.39 is 14.4 Å². The van der Waals surface area contributed by atoms with Gasteiger partial charge in [-0.3, -0.25) is 9.59 Å². The summed E-state index contributed by atoms with van der Waals surface area (Å²) >= 11 is 0. The van der Waals surface area contributed by atoms with Gasteiger partial charge in [-0.25, -0.2) is 0 Å². The van der Waals surface area contributed by atoms with Gasteiger partial charge >= 0.3 is 11.9 Å². The molecule has 0 saturated heterocycles. The van der Waals surface area contributed by atoms with E-state index in [1.807, 2.05) is 0 Å². The third-order valence-corrected chi connectivity index (χ3v) is 9.18. The third-order valence-electron chi connectivity index (χ3n) is 8.15. The standard InChI is InChI=1S/C37H74O5Si/c1-6-8-10-12-14-16-18-20-22-23-25-27-29-31-36(38)40-33-35(34-41-43(3,4)5)42-37(39)32-30-28-26-24-21-19-17-15-13-11-9-7-2/h35H,6-34H2,1-5H3. The Balaban J connectivity index is 3.95. The first-order valence-corrected chi connectivity index (χ1v) is 22.2. The van der Waals surface area contributed by atoms with E-state index in [1.165, 1.54) is 135 Å². The van der Waals surface area contributed by atoms with Crippen LogP contribution in [-0.2, 0) is 23.5 Å². The summed E-state index contributed by atoms with van der Waals surface area (Å²) in [6.07, 6.45) is 32.2. The normalized spacial score (nSPS) is 12.4. The molecule has 0 bridgehead atoms. The first-order chi connectivity index (χ1) is 20.8. The number of esters is 2. The lowest BCUT2D eigenvalue weighted by molar-refractivity contribution is -0.161. The molecule has 0 aromatic carbocycles. The summed E-state index contributed by atoms with van der Waals surface area (Å²) in [5.74, 6) is -0.401. The fourth-order valence-electron chi connectivity index (χ4n) is 5.36. The minimum absolute atomic E-state index is 0.0892. The molecule has 0 rings (SSSR count). The number of rotatable bonds is 33. The van der Waals surface area contributed by atoms with E-state index in [9.17, 15) is 9.59 Å². The number of carbonyl (C=O) groups excluding carboxylic acids is 2. The monoisotopic (exact) mass is 627 g/mol. The fourth-order valence-corrected chi connectivity index (χ4v) is 6.05. The van der Waals surface area contributed by atoms with Crippen molar-refractivity contribution < 1.29 is 23.5 Å². The molecule has 0 amide bonds. The number of ether oxygens (including phenoxy) is 2. The minimum atomic E-state index is -1.77. The summed E-state index contributed by atoms with van der Waals surface area (Å²) in [4.78, 5) is 24.8. The van der Waals surface area contributed by atoms with Crippen LogP contribution in [0.15, 0.2) is 0 Å². The molecule has 0 aliphatic heterocycles. The van der Waals surface area contributed by atoms with E-state index in [4.69, 9.17) is 13.9 Å². The second-order valence-electron chi connectivity index (χ2n) is 13.8. The highest BCUT2D eigenvalue weighted by molar-refractivity contribution is 6.69. The van der Waals surface area contributed by atoms with Crippen molar-refractivity contribution in [3.05, 3.63) is 0 Å². The van der Waals surface area contributed by atoms with Crippen LogP contribution in [0, 0.1) is 0 Å². The van der Waals surface area contributed by atoms with Gasteiger partial charge in [0.25, 0.3) is 0 Å². The largest absolute Gasteiger partial charge is 0.462 e. The Hall–Kier alpha value is -0.883. The fraction of sp³-hybridized carbons (Fsp3) is 0.946. The Morgan fingerprint density at radius 3 is 1.14 bits per heavy atom. The Bertz CT molecular complexity index is 619. The second kappa shape index (κ2) is 31.1. The van der Waals surface area contributed by atoms with Crippen LogP contribution in [0.5, 0.6) is 0 Å². The van der Waals surface area contributed by atoms with Crippen molar-refractivity contribution in [2.75, 3.05) is 13.2 Å². The summed E-state index contributed by atoms with van der Waals surface area (Å²) < 4.78 is 17.2. The van der Waals surface area contributed by atoms with Crippen molar-refractivity contribution >= 4 is 20.3 Å². The topological polar surface area (TPSA) is 61.8 Å². The highest BCUT2D eigenvalue weighted by Gasteiger charge is 2.22. The molecule has 0 aliphatic carbocycles.